The molecule has 0 atom stereocenters. The number of thiazole rings is 1. The van der Waals surface area contributed by atoms with Gasteiger partial charge in [-0.15, -0.1) is 35.3 Å². The van der Waals surface area contributed by atoms with E-state index in [1.807, 2.05) is 44.2 Å². The van der Waals surface area contributed by atoms with Crippen LogP contribution < -0.4 is 11.1 Å². The highest BCUT2D eigenvalue weighted by atomic mass is 127. The molecule has 0 amide bonds. The van der Waals surface area contributed by atoms with Crippen molar-refractivity contribution in [3.8, 4) is 10.8 Å². The molecule has 1 aromatic carbocycles. The number of aromatic nitrogens is 1. The van der Waals surface area contributed by atoms with Gasteiger partial charge in [-0.05, 0) is 38.1 Å². The fourth-order valence-corrected chi connectivity index (χ4v) is 2.99. The maximum atomic E-state index is 5.81. The molecule has 2 heterocycles. The van der Waals surface area contributed by atoms with Crippen LogP contribution in [0.4, 0.5) is 0 Å². The zero-order valence-corrected chi connectivity index (χ0v) is 16.1. The highest BCUT2D eigenvalue weighted by Gasteiger charge is 2.10. The number of halogens is 1. The molecule has 0 saturated heterocycles. The van der Waals surface area contributed by atoms with Crippen molar-refractivity contribution < 1.29 is 4.42 Å². The predicted molar refractivity (Wildman–Crippen MR) is 106 cm³/mol. The van der Waals surface area contributed by atoms with Gasteiger partial charge in [0.2, 0.25) is 0 Å². The molecule has 7 heteroatoms. The lowest BCUT2D eigenvalue weighted by Crippen LogP contribution is -2.36. The third-order valence-electron chi connectivity index (χ3n) is 3.01. The minimum absolute atomic E-state index is 0. The molecule has 0 radical (unpaired) electrons. The van der Waals surface area contributed by atoms with Crippen LogP contribution in [0.3, 0.4) is 0 Å². The first kappa shape index (κ1) is 17.7. The van der Waals surface area contributed by atoms with Crippen LogP contribution in [0.1, 0.15) is 19.6 Å². The molecule has 0 bridgehead atoms. The largest absolute Gasteiger partial charge is 0.457 e. The van der Waals surface area contributed by atoms with Crippen LogP contribution in [-0.4, -0.2) is 17.0 Å². The molecule has 0 aliphatic heterocycles. The minimum Gasteiger partial charge on any atom is -0.457 e. The number of hydrogen-bond acceptors (Lipinski definition) is 4. The van der Waals surface area contributed by atoms with Gasteiger partial charge in [0.1, 0.15) is 12.3 Å². The monoisotopic (exact) mass is 442 g/mol. The van der Waals surface area contributed by atoms with E-state index >= 15 is 0 Å². The Morgan fingerprint density at radius 2 is 2.09 bits per heavy atom. The maximum absolute atomic E-state index is 5.81. The summed E-state index contributed by atoms with van der Waals surface area (Å²) in [5, 5.41) is 3.92. The van der Waals surface area contributed by atoms with E-state index in [1.165, 1.54) is 0 Å². The Hall–Kier alpha value is -1.61. The molecule has 0 fully saturated rings. The number of nitrogens with two attached hydrogens (primary N) is 1. The number of nitrogens with one attached hydrogen (secondary N) is 1. The van der Waals surface area contributed by atoms with E-state index in [9.17, 15) is 0 Å². The molecular weight excluding hydrogens is 423 g/mol. The summed E-state index contributed by atoms with van der Waals surface area (Å²) in [4.78, 5) is 8.84. The first-order chi connectivity index (χ1) is 10.6. The number of hydrogen-bond donors (Lipinski definition) is 2. The minimum atomic E-state index is 0. The van der Waals surface area contributed by atoms with E-state index in [-0.39, 0.29) is 30.0 Å². The molecule has 0 saturated carbocycles. The molecule has 3 N–H and O–H groups in total. The van der Waals surface area contributed by atoms with Gasteiger partial charge in [0, 0.05) is 6.04 Å². The lowest BCUT2D eigenvalue weighted by Gasteiger charge is -2.07. The van der Waals surface area contributed by atoms with Crippen LogP contribution in [0.25, 0.3) is 21.0 Å². The molecule has 5 nitrogen and oxygen atoms in total. The molecule has 0 unspecified atom stereocenters. The average Bonchev–Trinajstić information content (AvgIpc) is 3.10. The van der Waals surface area contributed by atoms with Gasteiger partial charge >= 0.3 is 0 Å². The number of guanidine groups is 1. The Kier molecular flexibility index (Phi) is 6.00. The van der Waals surface area contributed by atoms with Crippen LogP contribution in [0.2, 0.25) is 0 Å². The molecule has 122 valence electrons. The summed E-state index contributed by atoms with van der Waals surface area (Å²) >= 11 is 1.62. The van der Waals surface area contributed by atoms with E-state index in [4.69, 9.17) is 10.2 Å². The van der Waals surface area contributed by atoms with E-state index < -0.39 is 0 Å². The number of furan rings is 1. The van der Waals surface area contributed by atoms with Crippen molar-refractivity contribution in [3.63, 3.8) is 0 Å². The summed E-state index contributed by atoms with van der Waals surface area (Å²) in [6.07, 6.45) is 0. The van der Waals surface area contributed by atoms with Gasteiger partial charge in [-0.25, -0.2) is 9.98 Å². The van der Waals surface area contributed by atoms with Crippen LogP contribution in [0.5, 0.6) is 0 Å². The molecule has 0 aliphatic carbocycles. The van der Waals surface area contributed by atoms with E-state index in [0.29, 0.717) is 12.5 Å². The standard InChI is InChI=1S/C16H18N4OS.HI/c1-10(2)19-16(17)18-9-11-7-8-13(21-11)15-20-12-5-3-4-6-14(12)22-15;/h3-8,10H,9H2,1-2H3,(H3,17,18,19);1H. The van der Waals surface area contributed by atoms with E-state index in [0.717, 1.165) is 26.7 Å². The Morgan fingerprint density at radius 1 is 1.30 bits per heavy atom. The van der Waals surface area contributed by atoms with Gasteiger partial charge in [0.15, 0.2) is 16.7 Å². The smallest absolute Gasteiger partial charge is 0.189 e. The number of benzene rings is 1. The lowest BCUT2D eigenvalue weighted by molar-refractivity contribution is 0.524. The number of fused-ring (bicyclic) bond motifs is 1. The summed E-state index contributed by atoms with van der Waals surface area (Å²) in [6.45, 7) is 4.44. The fraction of sp³-hybridized carbons (Fsp3) is 0.250. The van der Waals surface area contributed by atoms with Gasteiger partial charge in [0.25, 0.3) is 0 Å². The third kappa shape index (κ3) is 4.44. The molecule has 3 aromatic rings. The van der Waals surface area contributed by atoms with Crippen molar-refractivity contribution in [1.82, 2.24) is 10.3 Å². The average molecular weight is 442 g/mol. The summed E-state index contributed by atoms with van der Waals surface area (Å²) in [5.74, 6) is 1.96. The van der Waals surface area contributed by atoms with Crippen LogP contribution in [-0.2, 0) is 6.54 Å². The predicted octanol–water partition coefficient (Wildman–Crippen LogP) is 3.99. The first-order valence-corrected chi connectivity index (χ1v) is 7.94. The summed E-state index contributed by atoms with van der Waals surface area (Å²) in [7, 11) is 0. The first-order valence-electron chi connectivity index (χ1n) is 7.13. The van der Waals surface area contributed by atoms with Crippen molar-refractivity contribution >= 4 is 51.5 Å². The van der Waals surface area contributed by atoms with Gasteiger partial charge in [0.05, 0.1) is 10.2 Å². The third-order valence-corrected chi connectivity index (χ3v) is 4.06. The molecule has 0 spiro atoms. The molecule has 0 aliphatic rings. The Morgan fingerprint density at radius 3 is 2.83 bits per heavy atom. The number of nitrogens with zero attached hydrogens (tertiary/aromatic N) is 2. The van der Waals surface area contributed by atoms with Crippen molar-refractivity contribution in [3.05, 3.63) is 42.2 Å². The molecular formula is C16H19IN4OS. The van der Waals surface area contributed by atoms with Crippen molar-refractivity contribution in [1.29, 1.82) is 0 Å². The number of aliphatic imine (C=N–C) groups is 1. The van der Waals surface area contributed by atoms with Crippen LogP contribution >= 0.6 is 35.3 Å². The summed E-state index contributed by atoms with van der Waals surface area (Å²) < 4.78 is 6.96. The maximum Gasteiger partial charge on any atom is 0.189 e. The topological polar surface area (TPSA) is 76.4 Å². The highest BCUT2D eigenvalue weighted by Crippen LogP contribution is 2.31. The summed E-state index contributed by atoms with van der Waals surface area (Å²) in [5.41, 5.74) is 6.77. The van der Waals surface area contributed by atoms with Gasteiger partial charge in [-0.1, -0.05) is 12.1 Å². The number of para-hydroxylation sites is 1. The second-order valence-corrected chi connectivity index (χ2v) is 6.28. The quantitative estimate of drug-likeness (QED) is 0.364. The van der Waals surface area contributed by atoms with Crippen LogP contribution in [0.15, 0.2) is 45.8 Å². The molecule has 2 aromatic heterocycles. The Balaban J connectivity index is 0.00000192. The van der Waals surface area contributed by atoms with Gasteiger partial charge in [-0.3, -0.25) is 0 Å². The van der Waals surface area contributed by atoms with E-state index in [2.05, 4.69) is 21.4 Å². The second-order valence-electron chi connectivity index (χ2n) is 5.25. The number of rotatable bonds is 4. The zero-order chi connectivity index (χ0) is 15.5. The SMILES string of the molecule is CC(C)NC(N)=NCc1ccc(-c2nc3ccccc3s2)o1.I. The normalized spacial score (nSPS) is 11.7. The Bertz CT molecular complexity index is 776. The van der Waals surface area contributed by atoms with Gasteiger partial charge in [-0.2, -0.15) is 0 Å². The van der Waals surface area contributed by atoms with Crippen molar-refractivity contribution in [2.45, 2.75) is 26.4 Å². The molecule has 23 heavy (non-hydrogen) atoms. The highest BCUT2D eigenvalue weighted by molar-refractivity contribution is 14.0. The van der Waals surface area contributed by atoms with E-state index in [1.54, 1.807) is 11.3 Å². The lowest BCUT2D eigenvalue weighted by atomic mass is 10.3. The van der Waals surface area contributed by atoms with Crippen molar-refractivity contribution in [2.24, 2.45) is 10.7 Å². The Labute approximate surface area is 156 Å². The summed E-state index contributed by atoms with van der Waals surface area (Å²) in [6, 6.07) is 12.2. The second kappa shape index (κ2) is 7.78. The van der Waals surface area contributed by atoms with Crippen molar-refractivity contribution in [2.75, 3.05) is 0 Å². The van der Waals surface area contributed by atoms with Crippen LogP contribution in [0, 0.1) is 0 Å². The van der Waals surface area contributed by atoms with Gasteiger partial charge < -0.3 is 15.5 Å². The molecule has 3 rings (SSSR count). The zero-order valence-electron chi connectivity index (χ0n) is 12.9. The fourth-order valence-electron chi connectivity index (χ4n) is 2.06.